The molecule has 2 nitrogen and oxygen atoms in total. The average Bonchev–Trinajstić information content (AvgIpc) is 2.75. The van der Waals surface area contributed by atoms with Crippen LogP contribution in [-0.4, -0.2) is 12.9 Å². The Morgan fingerprint density at radius 3 is 2.59 bits per heavy atom. The smallest absolute Gasteiger partial charge is 0.202 e. The molecule has 2 rings (SSSR count). The van der Waals surface area contributed by atoms with Gasteiger partial charge in [0.25, 0.3) is 0 Å². The van der Waals surface area contributed by atoms with Gasteiger partial charge < -0.3 is 4.74 Å². The van der Waals surface area contributed by atoms with Gasteiger partial charge in [0, 0.05) is 10.4 Å². The SMILES string of the molecule is COc1ccc(C(=O)c2ccc(C)s2)cc1Br. The van der Waals surface area contributed by atoms with E-state index in [1.807, 2.05) is 19.1 Å². The number of ketones is 1. The van der Waals surface area contributed by atoms with Crippen LogP contribution in [0.2, 0.25) is 0 Å². The molecular weight excluding hydrogens is 300 g/mol. The summed E-state index contributed by atoms with van der Waals surface area (Å²) in [4.78, 5) is 14.1. The van der Waals surface area contributed by atoms with E-state index in [0.29, 0.717) is 5.56 Å². The van der Waals surface area contributed by atoms with Gasteiger partial charge in [0.2, 0.25) is 5.78 Å². The highest BCUT2D eigenvalue weighted by molar-refractivity contribution is 9.10. The number of ether oxygens (including phenoxy) is 1. The van der Waals surface area contributed by atoms with Crippen molar-refractivity contribution in [3.05, 3.63) is 50.1 Å². The third-order valence-electron chi connectivity index (χ3n) is 2.38. The second kappa shape index (κ2) is 5.02. The molecule has 0 radical (unpaired) electrons. The Morgan fingerprint density at radius 1 is 1.29 bits per heavy atom. The lowest BCUT2D eigenvalue weighted by Crippen LogP contribution is -1.98. The molecular formula is C13H11BrO2S. The number of carbonyl (C=O) groups excluding carboxylic acids is 1. The number of methoxy groups -OCH3 is 1. The van der Waals surface area contributed by atoms with Crippen LogP contribution in [0.1, 0.15) is 20.1 Å². The van der Waals surface area contributed by atoms with Crippen molar-refractivity contribution >= 4 is 33.0 Å². The van der Waals surface area contributed by atoms with E-state index in [-0.39, 0.29) is 5.78 Å². The van der Waals surface area contributed by atoms with E-state index in [4.69, 9.17) is 4.74 Å². The molecule has 0 aliphatic carbocycles. The van der Waals surface area contributed by atoms with Gasteiger partial charge in [-0.2, -0.15) is 0 Å². The van der Waals surface area contributed by atoms with Crippen molar-refractivity contribution in [3.63, 3.8) is 0 Å². The minimum atomic E-state index is 0.0476. The summed E-state index contributed by atoms with van der Waals surface area (Å²) in [5, 5.41) is 0. The van der Waals surface area contributed by atoms with E-state index in [9.17, 15) is 4.79 Å². The van der Waals surface area contributed by atoms with Gasteiger partial charge in [-0.1, -0.05) is 0 Å². The summed E-state index contributed by atoms with van der Waals surface area (Å²) in [6, 6.07) is 9.17. The third kappa shape index (κ3) is 2.58. The summed E-state index contributed by atoms with van der Waals surface area (Å²) < 4.78 is 5.92. The second-order valence-corrected chi connectivity index (χ2v) is 5.73. The normalized spacial score (nSPS) is 10.3. The van der Waals surface area contributed by atoms with Crippen LogP contribution in [0.5, 0.6) is 5.75 Å². The number of benzene rings is 1. The number of carbonyl (C=O) groups is 1. The van der Waals surface area contributed by atoms with Crippen LogP contribution in [0.15, 0.2) is 34.8 Å². The highest BCUT2D eigenvalue weighted by atomic mass is 79.9. The van der Waals surface area contributed by atoms with Crippen molar-refractivity contribution in [1.82, 2.24) is 0 Å². The van der Waals surface area contributed by atoms with Crippen molar-refractivity contribution in [1.29, 1.82) is 0 Å². The fourth-order valence-corrected chi connectivity index (χ4v) is 2.88. The molecule has 0 spiro atoms. The second-order valence-electron chi connectivity index (χ2n) is 3.59. The van der Waals surface area contributed by atoms with Gasteiger partial charge in [-0.05, 0) is 53.2 Å². The minimum Gasteiger partial charge on any atom is -0.496 e. The Hall–Kier alpha value is -1.13. The number of rotatable bonds is 3. The van der Waals surface area contributed by atoms with E-state index in [0.717, 1.165) is 20.0 Å². The van der Waals surface area contributed by atoms with Crippen LogP contribution in [0.3, 0.4) is 0 Å². The first kappa shape index (κ1) is 12.3. The summed E-state index contributed by atoms with van der Waals surface area (Å²) in [6.45, 7) is 1.99. The molecule has 1 aromatic heterocycles. The van der Waals surface area contributed by atoms with Crippen molar-refractivity contribution < 1.29 is 9.53 Å². The summed E-state index contributed by atoms with van der Waals surface area (Å²) in [5.41, 5.74) is 0.666. The van der Waals surface area contributed by atoms with Gasteiger partial charge in [-0.3, -0.25) is 4.79 Å². The van der Waals surface area contributed by atoms with Crippen LogP contribution in [0.4, 0.5) is 0 Å². The zero-order valence-electron chi connectivity index (χ0n) is 9.49. The maximum absolute atomic E-state index is 12.2. The molecule has 1 aromatic carbocycles. The molecule has 2 aromatic rings. The first-order valence-corrected chi connectivity index (χ1v) is 6.67. The molecule has 0 fully saturated rings. The molecule has 0 bridgehead atoms. The molecule has 0 unspecified atom stereocenters. The maximum atomic E-state index is 12.2. The largest absolute Gasteiger partial charge is 0.496 e. The van der Waals surface area contributed by atoms with Gasteiger partial charge in [0.05, 0.1) is 16.5 Å². The topological polar surface area (TPSA) is 26.3 Å². The number of hydrogen-bond acceptors (Lipinski definition) is 3. The Labute approximate surface area is 112 Å². The minimum absolute atomic E-state index is 0.0476. The molecule has 0 saturated heterocycles. The summed E-state index contributed by atoms with van der Waals surface area (Å²) in [5.74, 6) is 0.773. The first-order chi connectivity index (χ1) is 8.11. The molecule has 0 amide bonds. The van der Waals surface area contributed by atoms with Gasteiger partial charge in [-0.25, -0.2) is 0 Å². The predicted octanol–water partition coefficient (Wildman–Crippen LogP) is 4.06. The fraction of sp³-hybridized carbons (Fsp3) is 0.154. The fourth-order valence-electron chi connectivity index (χ4n) is 1.51. The standard InChI is InChI=1S/C13H11BrO2S/c1-8-3-6-12(17-8)13(15)9-4-5-11(16-2)10(14)7-9/h3-7H,1-2H3. The molecule has 0 aliphatic rings. The Kier molecular flexibility index (Phi) is 3.64. The van der Waals surface area contributed by atoms with Gasteiger partial charge in [0.15, 0.2) is 0 Å². The zero-order valence-corrected chi connectivity index (χ0v) is 11.9. The molecule has 0 aliphatic heterocycles. The predicted molar refractivity (Wildman–Crippen MR) is 73.2 cm³/mol. The third-order valence-corrected chi connectivity index (χ3v) is 4.00. The van der Waals surface area contributed by atoms with E-state index in [1.54, 1.807) is 25.3 Å². The van der Waals surface area contributed by atoms with E-state index >= 15 is 0 Å². The molecule has 0 N–H and O–H groups in total. The zero-order chi connectivity index (χ0) is 12.4. The van der Waals surface area contributed by atoms with Crippen LogP contribution in [-0.2, 0) is 0 Å². The van der Waals surface area contributed by atoms with Crippen LogP contribution >= 0.6 is 27.3 Å². The van der Waals surface area contributed by atoms with Crippen LogP contribution in [0.25, 0.3) is 0 Å². The number of thiophene rings is 1. The van der Waals surface area contributed by atoms with Crippen molar-refractivity contribution in [2.45, 2.75) is 6.92 Å². The van der Waals surface area contributed by atoms with Crippen LogP contribution in [0, 0.1) is 6.92 Å². The monoisotopic (exact) mass is 310 g/mol. The number of aryl methyl sites for hydroxylation is 1. The van der Waals surface area contributed by atoms with Gasteiger partial charge in [-0.15, -0.1) is 11.3 Å². The Morgan fingerprint density at radius 2 is 2.06 bits per heavy atom. The van der Waals surface area contributed by atoms with Gasteiger partial charge >= 0.3 is 0 Å². The molecule has 4 heteroatoms. The van der Waals surface area contributed by atoms with Crippen LogP contribution < -0.4 is 4.74 Å². The Bertz CT molecular complexity index is 560. The number of halogens is 1. The molecule has 88 valence electrons. The quantitative estimate of drug-likeness (QED) is 0.799. The summed E-state index contributed by atoms with van der Waals surface area (Å²) >= 11 is 4.89. The molecule has 0 atom stereocenters. The van der Waals surface area contributed by atoms with E-state index < -0.39 is 0 Å². The highest BCUT2D eigenvalue weighted by Crippen LogP contribution is 2.27. The van der Waals surface area contributed by atoms with Crippen molar-refractivity contribution in [2.24, 2.45) is 0 Å². The first-order valence-electron chi connectivity index (χ1n) is 5.06. The number of hydrogen-bond donors (Lipinski definition) is 0. The highest BCUT2D eigenvalue weighted by Gasteiger charge is 2.12. The average molecular weight is 311 g/mol. The lowest BCUT2D eigenvalue weighted by Gasteiger charge is -2.04. The lowest BCUT2D eigenvalue weighted by molar-refractivity contribution is 0.104. The van der Waals surface area contributed by atoms with Crippen molar-refractivity contribution in [3.8, 4) is 5.75 Å². The molecule has 17 heavy (non-hydrogen) atoms. The van der Waals surface area contributed by atoms with Gasteiger partial charge in [0.1, 0.15) is 5.75 Å². The lowest BCUT2D eigenvalue weighted by atomic mass is 10.1. The maximum Gasteiger partial charge on any atom is 0.202 e. The molecule has 1 heterocycles. The molecule has 0 saturated carbocycles. The Balaban J connectivity index is 2.35. The van der Waals surface area contributed by atoms with E-state index in [1.165, 1.54) is 11.3 Å². The summed E-state index contributed by atoms with van der Waals surface area (Å²) in [7, 11) is 1.60. The summed E-state index contributed by atoms with van der Waals surface area (Å²) in [6.07, 6.45) is 0. The van der Waals surface area contributed by atoms with Crippen molar-refractivity contribution in [2.75, 3.05) is 7.11 Å². The van der Waals surface area contributed by atoms with E-state index in [2.05, 4.69) is 15.9 Å².